The third kappa shape index (κ3) is 4.43. The number of hydrogen-bond acceptors (Lipinski definition) is 2. The number of sulfonamides is 1. The van der Waals surface area contributed by atoms with Gasteiger partial charge in [0.15, 0.2) is 0 Å². The fraction of sp³-hybridized carbons (Fsp3) is 0.538. The highest BCUT2D eigenvalue weighted by Crippen LogP contribution is 2.31. The van der Waals surface area contributed by atoms with E-state index < -0.39 is 21.8 Å². The Hall–Kier alpha value is -0.600. The lowest BCUT2D eigenvalue weighted by atomic mass is 10.1. The second-order valence-corrected chi connectivity index (χ2v) is 8.22. The largest absolute Gasteiger partial charge is 0.416 e. The van der Waals surface area contributed by atoms with E-state index in [9.17, 15) is 21.6 Å². The van der Waals surface area contributed by atoms with Gasteiger partial charge in [-0.05, 0) is 43.4 Å². The van der Waals surface area contributed by atoms with Crippen molar-refractivity contribution in [3.05, 3.63) is 29.8 Å². The van der Waals surface area contributed by atoms with Crippen LogP contribution < -0.4 is 4.72 Å². The molecule has 0 amide bonds. The number of alkyl halides is 4. The lowest BCUT2D eigenvalue weighted by molar-refractivity contribution is -0.137. The first-order valence-corrected chi connectivity index (χ1v) is 8.89. The molecule has 21 heavy (non-hydrogen) atoms. The van der Waals surface area contributed by atoms with E-state index in [0.29, 0.717) is 10.9 Å². The summed E-state index contributed by atoms with van der Waals surface area (Å²) in [5.74, 6) is 0.218. The molecule has 1 aromatic rings. The van der Waals surface area contributed by atoms with E-state index in [4.69, 9.17) is 0 Å². The van der Waals surface area contributed by atoms with Crippen molar-refractivity contribution >= 4 is 26.0 Å². The SMILES string of the molecule is O=S(=O)(NCC1CCC(Br)C1)c1cccc(C(F)(F)F)c1. The molecule has 0 bridgehead atoms. The van der Waals surface area contributed by atoms with Gasteiger partial charge >= 0.3 is 6.18 Å². The van der Waals surface area contributed by atoms with Gasteiger partial charge in [-0.2, -0.15) is 13.2 Å². The van der Waals surface area contributed by atoms with Gasteiger partial charge < -0.3 is 0 Å². The summed E-state index contributed by atoms with van der Waals surface area (Å²) in [6.07, 6.45) is -1.80. The number of rotatable bonds is 4. The van der Waals surface area contributed by atoms with Crippen molar-refractivity contribution in [1.82, 2.24) is 4.72 Å². The molecule has 8 heteroatoms. The minimum atomic E-state index is -4.56. The molecule has 1 fully saturated rings. The molecule has 2 rings (SSSR count). The first kappa shape index (κ1) is 16.8. The van der Waals surface area contributed by atoms with Crippen molar-refractivity contribution in [3.8, 4) is 0 Å². The molecule has 0 spiro atoms. The van der Waals surface area contributed by atoms with E-state index in [1.54, 1.807) is 0 Å². The van der Waals surface area contributed by atoms with Crippen molar-refractivity contribution in [2.24, 2.45) is 5.92 Å². The summed E-state index contributed by atoms with van der Waals surface area (Å²) in [6, 6.07) is 3.77. The monoisotopic (exact) mass is 385 g/mol. The fourth-order valence-electron chi connectivity index (χ4n) is 2.35. The summed E-state index contributed by atoms with van der Waals surface area (Å²) in [5.41, 5.74) is -0.966. The third-order valence-electron chi connectivity index (χ3n) is 3.51. The molecule has 1 aliphatic rings. The zero-order valence-electron chi connectivity index (χ0n) is 11.0. The van der Waals surface area contributed by atoms with Gasteiger partial charge in [-0.25, -0.2) is 13.1 Å². The summed E-state index contributed by atoms with van der Waals surface area (Å²) < 4.78 is 64.3. The topological polar surface area (TPSA) is 46.2 Å². The molecule has 1 saturated carbocycles. The Balaban J connectivity index is 2.09. The number of halogens is 4. The summed E-state index contributed by atoms with van der Waals surface area (Å²) in [4.78, 5) is 0.0336. The molecule has 1 aliphatic carbocycles. The predicted molar refractivity (Wildman–Crippen MR) is 76.7 cm³/mol. The van der Waals surface area contributed by atoms with Crippen LogP contribution in [0.1, 0.15) is 24.8 Å². The van der Waals surface area contributed by atoms with Crippen LogP contribution in [0.25, 0.3) is 0 Å². The summed E-state index contributed by atoms with van der Waals surface area (Å²) in [5, 5.41) is 0. The second-order valence-electron chi connectivity index (χ2n) is 5.15. The first-order chi connectivity index (χ1) is 9.68. The summed E-state index contributed by atoms with van der Waals surface area (Å²) >= 11 is 3.47. The van der Waals surface area contributed by atoms with Crippen LogP contribution in [0.2, 0.25) is 0 Å². The molecule has 1 aromatic carbocycles. The standard InChI is InChI=1S/C13H15BrF3NO2S/c14-11-5-4-9(6-11)8-18-21(19,20)12-3-1-2-10(7-12)13(15,16)17/h1-3,7,9,11,18H,4-6,8H2. The minimum absolute atomic E-state index is 0.218. The molecule has 0 radical (unpaired) electrons. The second kappa shape index (κ2) is 6.26. The van der Waals surface area contributed by atoms with Crippen LogP contribution >= 0.6 is 15.9 Å². The van der Waals surface area contributed by atoms with Crippen molar-refractivity contribution in [3.63, 3.8) is 0 Å². The molecular formula is C13H15BrF3NO2S. The minimum Gasteiger partial charge on any atom is -0.211 e. The highest BCUT2D eigenvalue weighted by molar-refractivity contribution is 9.09. The molecule has 1 N–H and O–H groups in total. The zero-order valence-corrected chi connectivity index (χ0v) is 13.4. The van der Waals surface area contributed by atoms with Gasteiger partial charge in [0.05, 0.1) is 10.5 Å². The molecule has 2 unspecified atom stereocenters. The molecule has 0 saturated heterocycles. The van der Waals surface area contributed by atoms with Gasteiger partial charge in [0, 0.05) is 11.4 Å². The van der Waals surface area contributed by atoms with Gasteiger partial charge in [0.1, 0.15) is 0 Å². The average molecular weight is 386 g/mol. The molecule has 0 heterocycles. The maximum absolute atomic E-state index is 12.6. The highest BCUT2D eigenvalue weighted by Gasteiger charge is 2.32. The quantitative estimate of drug-likeness (QED) is 0.805. The van der Waals surface area contributed by atoms with Crippen LogP contribution in [0.4, 0.5) is 13.2 Å². The van der Waals surface area contributed by atoms with Crippen molar-refractivity contribution in [1.29, 1.82) is 0 Å². The van der Waals surface area contributed by atoms with E-state index in [2.05, 4.69) is 20.7 Å². The first-order valence-electron chi connectivity index (χ1n) is 6.49. The Morgan fingerprint density at radius 3 is 2.57 bits per heavy atom. The lowest BCUT2D eigenvalue weighted by Gasteiger charge is -2.13. The van der Waals surface area contributed by atoms with Crippen LogP contribution in [0.5, 0.6) is 0 Å². The highest BCUT2D eigenvalue weighted by atomic mass is 79.9. The van der Waals surface area contributed by atoms with Crippen molar-refractivity contribution < 1.29 is 21.6 Å². The summed E-state index contributed by atoms with van der Waals surface area (Å²) in [7, 11) is -3.91. The van der Waals surface area contributed by atoms with Crippen LogP contribution in [-0.2, 0) is 16.2 Å². The van der Waals surface area contributed by atoms with E-state index in [1.165, 1.54) is 6.07 Å². The van der Waals surface area contributed by atoms with Gasteiger partial charge in [-0.1, -0.05) is 22.0 Å². The Morgan fingerprint density at radius 2 is 2.00 bits per heavy atom. The fourth-order valence-corrected chi connectivity index (χ4v) is 4.30. The van der Waals surface area contributed by atoms with Crippen LogP contribution in [0.3, 0.4) is 0 Å². The number of nitrogens with one attached hydrogen (secondary N) is 1. The lowest BCUT2D eigenvalue weighted by Crippen LogP contribution is -2.29. The number of hydrogen-bond donors (Lipinski definition) is 1. The van der Waals surface area contributed by atoms with E-state index in [0.717, 1.165) is 31.4 Å². The Labute approximate surface area is 130 Å². The maximum atomic E-state index is 12.6. The van der Waals surface area contributed by atoms with E-state index in [-0.39, 0.29) is 17.4 Å². The van der Waals surface area contributed by atoms with Gasteiger partial charge in [0.25, 0.3) is 0 Å². The Kier molecular flexibility index (Phi) is 4.99. The van der Waals surface area contributed by atoms with Crippen molar-refractivity contribution in [2.45, 2.75) is 35.2 Å². The van der Waals surface area contributed by atoms with Crippen LogP contribution in [-0.4, -0.2) is 19.8 Å². The molecular weight excluding hydrogens is 371 g/mol. The van der Waals surface area contributed by atoms with E-state index in [1.807, 2.05) is 0 Å². The molecule has 118 valence electrons. The molecule has 0 aromatic heterocycles. The summed E-state index contributed by atoms with van der Waals surface area (Å²) in [6.45, 7) is 0.251. The van der Waals surface area contributed by atoms with Gasteiger partial charge in [-0.3, -0.25) is 0 Å². The molecule has 0 aliphatic heterocycles. The van der Waals surface area contributed by atoms with Crippen LogP contribution in [0.15, 0.2) is 29.2 Å². The Bertz CT molecular complexity index is 604. The normalized spacial score (nSPS) is 23.4. The van der Waals surface area contributed by atoms with Crippen LogP contribution in [0, 0.1) is 5.92 Å². The molecule has 2 atom stereocenters. The zero-order chi connectivity index (χ0) is 15.7. The van der Waals surface area contributed by atoms with Gasteiger partial charge in [-0.15, -0.1) is 0 Å². The maximum Gasteiger partial charge on any atom is 0.416 e. The third-order valence-corrected chi connectivity index (χ3v) is 5.76. The molecule has 3 nitrogen and oxygen atoms in total. The average Bonchev–Trinajstić information content (AvgIpc) is 2.82. The van der Waals surface area contributed by atoms with Gasteiger partial charge in [0.2, 0.25) is 10.0 Å². The number of benzene rings is 1. The predicted octanol–water partition coefficient (Wildman–Crippen LogP) is 3.55. The van der Waals surface area contributed by atoms with E-state index >= 15 is 0 Å². The smallest absolute Gasteiger partial charge is 0.211 e. The Morgan fingerprint density at radius 1 is 1.29 bits per heavy atom. The van der Waals surface area contributed by atoms with Crippen molar-refractivity contribution in [2.75, 3.05) is 6.54 Å².